The highest BCUT2D eigenvalue weighted by Gasteiger charge is 2.26. The number of benzene rings is 4. The van der Waals surface area contributed by atoms with Crippen molar-refractivity contribution in [3.8, 4) is 11.5 Å². The molecular formula is C44H46N8O6S2. The maximum absolute atomic E-state index is 14.1. The van der Waals surface area contributed by atoms with E-state index in [1.165, 1.54) is 23.5 Å². The first-order valence-electron chi connectivity index (χ1n) is 19.9. The molecule has 6 aromatic rings. The quantitative estimate of drug-likeness (QED) is 0.118. The van der Waals surface area contributed by atoms with Crippen molar-refractivity contribution in [1.29, 1.82) is 0 Å². The molecule has 2 aromatic heterocycles. The number of rotatable bonds is 13. The number of amides is 2. The number of piperazine rings is 2. The lowest BCUT2D eigenvalue weighted by Crippen LogP contribution is -2.49. The van der Waals surface area contributed by atoms with Gasteiger partial charge in [-0.2, -0.15) is 0 Å². The Labute approximate surface area is 355 Å². The van der Waals surface area contributed by atoms with E-state index in [2.05, 4.69) is 9.80 Å². The summed E-state index contributed by atoms with van der Waals surface area (Å²) < 4.78 is 14.2. The zero-order chi connectivity index (χ0) is 41.6. The molecule has 14 nitrogen and oxygen atoms in total. The SMILES string of the molecule is COc1ccccc1N1CCN(C(=O)CSc2nc3ccccc3c(=O)n2CCn2c(SCC(=O)N3CCN(c4ccccc4OC)CC3)nc3ccccc3c2=O)CC1. The molecule has 310 valence electrons. The van der Waals surface area contributed by atoms with E-state index in [4.69, 9.17) is 19.4 Å². The Bertz CT molecular complexity index is 2460. The second-order valence-electron chi connectivity index (χ2n) is 14.4. The van der Waals surface area contributed by atoms with Crippen molar-refractivity contribution in [1.82, 2.24) is 28.9 Å². The molecule has 0 saturated carbocycles. The standard InChI is InChI=1S/C44H46N8O6S2/c1-57-37-17-9-7-15-35(37)47-19-23-49(24-20-47)39(53)29-59-43-45-33-13-5-3-11-31(33)41(55)51(43)27-28-52-42(56)32-12-4-6-14-34(32)46-44(52)60-30-40(54)50-25-21-48(22-26-50)36-16-8-10-18-38(36)58-2/h3-18H,19-30H2,1-2H3. The summed E-state index contributed by atoms with van der Waals surface area (Å²) in [4.78, 5) is 73.2. The number of para-hydroxylation sites is 6. The summed E-state index contributed by atoms with van der Waals surface area (Å²) in [5, 5.41) is 1.66. The lowest BCUT2D eigenvalue weighted by Gasteiger charge is -2.36. The van der Waals surface area contributed by atoms with Crippen LogP contribution in [0.3, 0.4) is 0 Å². The number of anilines is 2. The molecule has 0 spiro atoms. The normalized spacial score (nSPS) is 14.5. The number of thioether (sulfide) groups is 2. The molecule has 8 rings (SSSR count). The van der Waals surface area contributed by atoms with Gasteiger partial charge in [-0.25, -0.2) is 9.97 Å². The molecular weight excluding hydrogens is 801 g/mol. The van der Waals surface area contributed by atoms with Gasteiger partial charge in [0.05, 0.1) is 58.9 Å². The minimum Gasteiger partial charge on any atom is -0.495 e. The van der Waals surface area contributed by atoms with Gasteiger partial charge in [0.15, 0.2) is 10.3 Å². The Morgan fingerprint density at radius 2 is 0.900 bits per heavy atom. The third-order valence-corrected chi connectivity index (χ3v) is 12.9. The molecule has 2 fully saturated rings. The maximum Gasteiger partial charge on any atom is 0.262 e. The Morgan fingerprint density at radius 1 is 0.533 bits per heavy atom. The van der Waals surface area contributed by atoms with E-state index >= 15 is 0 Å². The first-order chi connectivity index (χ1) is 29.3. The van der Waals surface area contributed by atoms with Gasteiger partial charge in [-0.05, 0) is 48.5 Å². The van der Waals surface area contributed by atoms with Crippen molar-refractivity contribution in [2.45, 2.75) is 23.4 Å². The predicted octanol–water partition coefficient (Wildman–Crippen LogP) is 4.71. The largest absolute Gasteiger partial charge is 0.495 e. The minimum absolute atomic E-state index is 0.0480. The van der Waals surface area contributed by atoms with Crippen molar-refractivity contribution >= 4 is 68.5 Å². The lowest BCUT2D eigenvalue weighted by molar-refractivity contribution is -0.129. The number of aromatic nitrogens is 4. The van der Waals surface area contributed by atoms with Gasteiger partial charge in [0.25, 0.3) is 11.1 Å². The summed E-state index contributed by atoms with van der Waals surface area (Å²) in [7, 11) is 3.31. The van der Waals surface area contributed by atoms with E-state index in [1.807, 2.05) is 70.5 Å². The highest BCUT2D eigenvalue weighted by molar-refractivity contribution is 8.00. The first kappa shape index (κ1) is 40.8. The van der Waals surface area contributed by atoms with E-state index in [-0.39, 0.29) is 47.5 Å². The van der Waals surface area contributed by atoms with Gasteiger partial charge < -0.3 is 29.1 Å². The van der Waals surface area contributed by atoms with Crippen LogP contribution in [0.2, 0.25) is 0 Å². The van der Waals surface area contributed by atoms with Crippen LogP contribution in [-0.2, 0) is 22.7 Å². The number of nitrogens with zero attached hydrogens (tertiary/aromatic N) is 8. The smallest absolute Gasteiger partial charge is 0.262 e. The van der Waals surface area contributed by atoms with Crippen molar-refractivity contribution in [3.63, 3.8) is 0 Å². The number of carbonyl (C=O) groups is 2. The topological polar surface area (TPSA) is 135 Å². The van der Waals surface area contributed by atoms with Crippen molar-refractivity contribution < 1.29 is 19.1 Å². The summed E-state index contributed by atoms with van der Waals surface area (Å²) in [5.41, 5.74) is 2.53. The molecule has 2 saturated heterocycles. The molecule has 16 heteroatoms. The molecule has 0 unspecified atom stereocenters. The molecule has 4 aromatic carbocycles. The summed E-state index contributed by atoms with van der Waals surface area (Å²) in [6.07, 6.45) is 0. The number of fused-ring (bicyclic) bond motifs is 2. The summed E-state index contributed by atoms with van der Waals surface area (Å²) >= 11 is 2.43. The number of methoxy groups -OCH3 is 2. The van der Waals surface area contributed by atoms with Crippen LogP contribution in [0.1, 0.15) is 0 Å². The molecule has 2 aliphatic heterocycles. The van der Waals surface area contributed by atoms with Gasteiger partial charge in [0.2, 0.25) is 11.8 Å². The van der Waals surface area contributed by atoms with E-state index < -0.39 is 0 Å². The number of hydrogen-bond donors (Lipinski definition) is 0. The van der Waals surface area contributed by atoms with E-state index in [0.717, 1.165) is 22.9 Å². The van der Waals surface area contributed by atoms with Crippen LogP contribution >= 0.6 is 23.5 Å². The molecule has 0 N–H and O–H groups in total. The average Bonchev–Trinajstić information content (AvgIpc) is 3.30. The molecule has 0 radical (unpaired) electrons. The summed E-state index contributed by atoms with van der Waals surface area (Å²) in [6.45, 7) is 5.05. The zero-order valence-electron chi connectivity index (χ0n) is 33.6. The van der Waals surface area contributed by atoms with E-state index in [1.54, 1.807) is 59.8 Å². The van der Waals surface area contributed by atoms with Crippen LogP contribution < -0.4 is 30.4 Å². The van der Waals surface area contributed by atoms with Crippen LogP contribution in [0.5, 0.6) is 11.5 Å². The van der Waals surface area contributed by atoms with Gasteiger partial charge in [0.1, 0.15) is 11.5 Å². The fraction of sp³-hybridized carbons (Fsp3) is 0.318. The molecule has 4 heterocycles. The molecule has 2 aliphatic rings. The van der Waals surface area contributed by atoms with Gasteiger partial charge in [-0.15, -0.1) is 0 Å². The van der Waals surface area contributed by atoms with Gasteiger partial charge >= 0.3 is 0 Å². The highest BCUT2D eigenvalue weighted by atomic mass is 32.2. The first-order valence-corrected chi connectivity index (χ1v) is 21.9. The molecule has 0 aliphatic carbocycles. The van der Waals surface area contributed by atoms with Crippen LogP contribution in [0, 0.1) is 0 Å². The Morgan fingerprint density at radius 3 is 1.30 bits per heavy atom. The number of carbonyl (C=O) groups excluding carboxylic acids is 2. The van der Waals surface area contributed by atoms with Crippen molar-refractivity contribution in [3.05, 3.63) is 118 Å². The predicted molar refractivity (Wildman–Crippen MR) is 237 cm³/mol. The molecule has 0 atom stereocenters. The Hall–Kier alpha value is -6.00. The summed E-state index contributed by atoms with van der Waals surface area (Å²) in [5.74, 6) is 1.68. The third kappa shape index (κ3) is 8.66. The Kier molecular flexibility index (Phi) is 12.6. The van der Waals surface area contributed by atoms with E-state index in [0.29, 0.717) is 84.5 Å². The molecule has 0 bridgehead atoms. The zero-order valence-corrected chi connectivity index (χ0v) is 35.2. The van der Waals surface area contributed by atoms with Crippen LogP contribution in [-0.4, -0.2) is 119 Å². The van der Waals surface area contributed by atoms with Crippen LogP contribution in [0.4, 0.5) is 11.4 Å². The van der Waals surface area contributed by atoms with Gasteiger partial charge in [0, 0.05) is 65.4 Å². The third-order valence-electron chi connectivity index (χ3n) is 11.0. The minimum atomic E-state index is -0.264. The van der Waals surface area contributed by atoms with Gasteiger partial charge in [-0.1, -0.05) is 72.1 Å². The number of hydrogen-bond acceptors (Lipinski definition) is 12. The van der Waals surface area contributed by atoms with Crippen molar-refractivity contribution in [2.75, 3.05) is 87.9 Å². The van der Waals surface area contributed by atoms with Crippen LogP contribution in [0.15, 0.2) is 117 Å². The monoisotopic (exact) mass is 846 g/mol. The fourth-order valence-electron chi connectivity index (χ4n) is 7.72. The highest BCUT2D eigenvalue weighted by Crippen LogP contribution is 2.30. The summed E-state index contributed by atoms with van der Waals surface area (Å²) in [6, 6.07) is 30.0. The second kappa shape index (κ2) is 18.5. The second-order valence-corrected chi connectivity index (χ2v) is 16.3. The lowest BCUT2D eigenvalue weighted by atomic mass is 10.2. The average molecular weight is 847 g/mol. The van der Waals surface area contributed by atoms with E-state index in [9.17, 15) is 19.2 Å². The molecule has 60 heavy (non-hydrogen) atoms. The fourth-order valence-corrected chi connectivity index (χ4v) is 9.58. The maximum atomic E-state index is 14.1. The van der Waals surface area contributed by atoms with Gasteiger partial charge in [-0.3, -0.25) is 28.3 Å². The van der Waals surface area contributed by atoms with Crippen molar-refractivity contribution in [2.24, 2.45) is 0 Å². The number of ether oxygens (including phenoxy) is 2. The Balaban J connectivity index is 0.974. The van der Waals surface area contributed by atoms with Crippen LogP contribution in [0.25, 0.3) is 21.8 Å². The molecule has 2 amide bonds.